The van der Waals surface area contributed by atoms with Gasteiger partial charge in [0.1, 0.15) is 0 Å². The Balaban J connectivity index is 1.37. The smallest absolute Gasteiger partial charge is 0.237 e. The van der Waals surface area contributed by atoms with Crippen LogP contribution in [-0.4, -0.2) is 24.5 Å². The van der Waals surface area contributed by atoms with Crippen molar-refractivity contribution in [3.63, 3.8) is 0 Å². The molecule has 1 amide bonds. The molecule has 6 atom stereocenters. The Labute approximate surface area is 109 Å². The lowest BCUT2D eigenvalue weighted by Gasteiger charge is -2.29. The zero-order chi connectivity index (χ0) is 12.3. The van der Waals surface area contributed by atoms with Crippen molar-refractivity contribution in [1.29, 1.82) is 0 Å². The minimum Gasteiger partial charge on any atom is -0.351 e. The molecule has 3 saturated carbocycles. The summed E-state index contributed by atoms with van der Waals surface area (Å²) in [5.74, 6) is 4.37. The molecule has 4 aliphatic rings. The summed E-state index contributed by atoms with van der Waals surface area (Å²) in [4.78, 5) is 12.4. The number of fused-ring (bicyclic) bond motifs is 5. The molecule has 4 rings (SSSR count). The minimum atomic E-state index is 0.0673. The van der Waals surface area contributed by atoms with Gasteiger partial charge in [-0.15, -0.1) is 0 Å². The van der Waals surface area contributed by atoms with Gasteiger partial charge in [0, 0.05) is 6.04 Å². The summed E-state index contributed by atoms with van der Waals surface area (Å²) < 4.78 is 0. The lowest BCUT2D eigenvalue weighted by atomic mass is 9.92. The predicted octanol–water partition coefficient (Wildman–Crippen LogP) is 1.54. The minimum absolute atomic E-state index is 0.0673. The maximum atomic E-state index is 12.4. The first-order chi connectivity index (χ1) is 8.75. The summed E-state index contributed by atoms with van der Waals surface area (Å²) in [6.07, 6.45) is 6.71. The highest BCUT2D eigenvalue weighted by Crippen LogP contribution is 2.65. The molecule has 2 N–H and O–H groups in total. The van der Waals surface area contributed by atoms with Gasteiger partial charge in [-0.25, -0.2) is 0 Å². The van der Waals surface area contributed by atoms with Gasteiger partial charge in [-0.2, -0.15) is 0 Å². The number of carbonyl (C=O) groups excluding carboxylic acids is 1. The number of nitrogens with one attached hydrogen (secondary N) is 2. The number of carbonyl (C=O) groups is 1. The number of rotatable bonds is 2. The third-order valence-electron chi connectivity index (χ3n) is 6.10. The molecule has 0 radical (unpaired) electrons. The highest BCUT2D eigenvalue weighted by molar-refractivity contribution is 5.83. The van der Waals surface area contributed by atoms with Crippen LogP contribution in [0, 0.1) is 29.6 Å². The summed E-state index contributed by atoms with van der Waals surface area (Å²) in [7, 11) is 0. The van der Waals surface area contributed by atoms with Gasteiger partial charge in [0.05, 0.1) is 6.04 Å². The second-order valence-corrected chi connectivity index (χ2v) is 7.07. The second-order valence-electron chi connectivity index (χ2n) is 7.07. The van der Waals surface area contributed by atoms with E-state index >= 15 is 0 Å². The van der Waals surface area contributed by atoms with E-state index in [0.29, 0.717) is 12.0 Å². The van der Waals surface area contributed by atoms with E-state index < -0.39 is 0 Å². The molecule has 6 unspecified atom stereocenters. The summed E-state index contributed by atoms with van der Waals surface area (Å²) >= 11 is 0. The highest BCUT2D eigenvalue weighted by atomic mass is 16.2. The van der Waals surface area contributed by atoms with Crippen molar-refractivity contribution in [2.24, 2.45) is 29.6 Å². The molecule has 1 aliphatic heterocycles. The molecule has 0 aromatic heterocycles. The summed E-state index contributed by atoms with van der Waals surface area (Å²) in [5, 5.41) is 6.75. The van der Waals surface area contributed by atoms with Gasteiger partial charge in [0.15, 0.2) is 0 Å². The van der Waals surface area contributed by atoms with E-state index in [9.17, 15) is 4.79 Å². The molecule has 1 heterocycles. The van der Waals surface area contributed by atoms with Crippen molar-refractivity contribution in [1.82, 2.24) is 10.6 Å². The average molecular weight is 248 g/mol. The van der Waals surface area contributed by atoms with Crippen LogP contribution >= 0.6 is 0 Å². The fourth-order valence-corrected chi connectivity index (χ4v) is 5.17. The monoisotopic (exact) mass is 248 g/mol. The van der Waals surface area contributed by atoms with Crippen molar-refractivity contribution < 1.29 is 4.79 Å². The lowest BCUT2D eigenvalue weighted by Crippen LogP contribution is -2.51. The average Bonchev–Trinajstić information content (AvgIpc) is 2.77. The van der Waals surface area contributed by atoms with Crippen LogP contribution in [-0.2, 0) is 4.79 Å². The predicted molar refractivity (Wildman–Crippen MR) is 69.9 cm³/mol. The van der Waals surface area contributed by atoms with Crippen molar-refractivity contribution >= 4 is 5.91 Å². The highest BCUT2D eigenvalue weighted by Gasteiger charge is 2.65. The third kappa shape index (κ3) is 1.56. The maximum Gasteiger partial charge on any atom is 0.237 e. The van der Waals surface area contributed by atoms with E-state index in [-0.39, 0.29) is 11.9 Å². The summed E-state index contributed by atoms with van der Waals surface area (Å²) in [5.41, 5.74) is 0. The molecule has 3 heteroatoms. The van der Waals surface area contributed by atoms with Gasteiger partial charge in [-0.1, -0.05) is 6.92 Å². The van der Waals surface area contributed by atoms with Crippen LogP contribution in [0.1, 0.15) is 39.0 Å². The van der Waals surface area contributed by atoms with Crippen LogP contribution in [0.5, 0.6) is 0 Å². The Morgan fingerprint density at radius 2 is 1.89 bits per heavy atom. The van der Waals surface area contributed by atoms with E-state index in [0.717, 1.165) is 30.2 Å². The second kappa shape index (κ2) is 3.96. The molecule has 4 fully saturated rings. The SMILES string of the molecule is CC1CCCNC1C(=O)NC1C2C3CCC(C3)C12. The van der Waals surface area contributed by atoms with Crippen molar-refractivity contribution in [3.05, 3.63) is 0 Å². The van der Waals surface area contributed by atoms with Gasteiger partial charge in [-0.3, -0.25) is 4.79 Å². The lowest BCUT2D eigenvalue weighted by molar-refractivity contribution is -0.125. The zero-order valence-electron chi connectivity index (χ0n) is 11.2. The van der Waals surface area contributed by atoms with Crippen LogP contribution in [0.3, 0.4) is 0 Å². The zero-order valence-corrected chi connectivity index (χ0v) is 11.2. The van der Waals surface area contributed by atoms with E-state index in [1.807, 2.05) is 0 Å². The Bertz CT molecular complexity index is 354. The van der Waals surface area contributed by atoms with Gasteiger partial charge in [-0.05, 0) is 68.2 Å². The first-order valence-electron chi connectivity index (χ1n) is 7.79. The summed E-state index contributed by atoms with van der Waals surface area (Å²) in [6, 6.07) is 0.609. The molecule has 100 valence electrons. The van der Waals surface area contributed by atoms with Gasteiger partial charge >= 0.3 is 0 Å². The molecular weight excluding hydrogens is 224 g/mol. The van der Waals surface area contributed by atoms with Crippen LogP contribution in [0.4, 0.5) is 0 Å². The van der Waals surface area contributed by atoms with Crippen molar-refractivity contribution in [2.45, 2.75) is 51.1 Å². The quantitative estimate of drug-likeness (QED) is 0.778. The molecule has 18 heavy (non-hydrogen) atoms. The molecule has 0 spiro atoms. The Kier molecular flexibility index (Phi) is 2.48. The normalized spacial score (nSPS) is 53.1. The Morgan fingerprint density at radius 3 is 2.56 bits per heavy atom. The molecule has 0 aromatic carbocycles. The topological polar surface area (TPSA) is 41.1 Å². The number of hydrogen-bond acceptors (Lipinski definition) is 2. The van der Waals surface area contributed by atoms with E-state index in [1.54, 1.807) is 0 Å². The number of piperidine rings is 1. The molecule has 2 bridgehead atoms. The van der Waals surface area contributed by atoms with Crippen molar-refractivity contribution in [2.75, 3.05) is 6.54 Å². The Hall–Kier alpha value is -0.570. The Morgan fingerprint density at radius 1 is 1.17 bits per heavy atom. The molecular formula is C15H24N2O. The summed E-state index contributed by atoms with van der Waals surface area (Å²) in [6.45, 7) is 3.21. The maximum absolute atomic E-state index is 12.4. The van der Waals surface area contributed by atoms with E-state index in [4.69, 9.17) is 0 Å². The largest absolute Gasteiger partial charge is 0.351 e. The number of hydrogen-bond donors (Lipinski definition) is 2. The molecule has 3 nitrogen and oxygen atoms in total. The first-order valence-corrected chi connectivity index (χ1v) is 7.79. The number of amides is 1. The van der Waals surface area contributed by atoms with Crippen LogP contribution in [0.15, 0.2) is 0 Å². The fraction of sp³-hybridized carbons (Fsp3) is 0.933. The standard InChI is InChI=1S/C15H24N2O/c1-8-3-2-6-16-13(8)15(18)17-14-11-9-4-5-10(7-9)12(11)14/h8-14,16H,2-7H2,1H3,(H,17,18). The molecule has 1 saturated heterocycles. The van der Waals surface area contributed by atoms with Crippen LogP contribution < -0.4 is 10.6 Å². The van der Waals surface area contributed by atoms with Crippen LogP contribution in [0.2, 0.25) is 0 Å². The molecule has 3 aliphatic carbocycles. The van der Waals surface area contributed by atoms with E-state index in [2.05, 4.69) is 17.6 Å². The third-order valence-corrected chi connectivity index (χ3v) is 6.10. The molecule has 0 aromatic rings. The van der Waals surface area contributed by atoms with Gasteiger partial charge in [0.25, 0.3) is 0 Å². The van der Waals surface area contributed by atoms with Gasteiger partial charge in [0.2, 0.25) is 5.91 Å². The van der Waals surface area contributed by atoms with Crippen molar-refractivity contribution in [3.8, 4) is 0 Å². The van der Waals surface area contributed by atoms with Gasteiger partial charge < -0.3 is 10.6 Å². The fourth-order valence-electron chi connectivity index (χ4n) is 5.17. The van der Waals surface area contributed by atoms with E-state index in [1.165, 1.54) is 32.1 Å². The van der Waals surface area contributed by atoms with Crippen LogP contribution in [0.25, 0.3) is 0 Å². The first kappa shape index (κ1) is 11.3.